The van der Waals surface area contributed by atoms with E-state index in [0.717, 1.165) is 22.4 Å². The van der Waals surface area contributed by atoms with Gasteiger partial charge < -0.3 is 0 Å². The standard InChI is InChI=1S/C26H28O5Se/c1-27-20-13-9-8-12-19(20)24-22(32-18-10-6-5-7-11-18)16-31-15-17-14-21(28-2)25(29-3)26(30-4)23(17)24/h5-14,22,24H,15-16H2,1-4H3/t22-,24+/m0/s1. The third kappa shape index (κ3) is 4.31. The molecule has 5 nitrogen and oxygen atoms in total. The zero-order chi connectivity index (χ0) is 22.5. The fraction of sp³-hybridized carbons (Fsp3) is 0.308. The van der Waals surface area contributed by atoms with Gasteiger partial charge in [-0.3, -0.25) is 0 Å². The van der Waals surface area contributed by atoms with E-state index in [2.05, 4.69) is 42.5 Å². The fourth-order valence-electron chi connectivity index (χ4n) is 4.31. The predicted molar refractivity (Wildman–Crippen MR) is 126 cm³/mol. The van der Waals surface area contributed by atoms with E-state index in [1.165, 1.54) is 4.46 Å². The van der Waals surface area contributed by atoms with Crippen molar-refractivity contribution in [2.24, 2.45) is 0 Å². The molecular formula is C26H28O5Se. The van der Waals surface area contributed by atoms with Crippen LogP contribution < -0.4 is 23.4 Å². The zero-order valence-corrected chi connectivity index (χ0v) is 20.5. The Hall–Kier alpha value is -2.66. The minimum absolute atomic E-state index is 0.0126. The number of benzene rings is 3. The van der Waals surface area contributed by atoms with Crippen molar-refractivity contribution in [2.75, 3.05) is 35.0 Å². The molecule has 0 saturated carbocycles. The Balaban J connectivity index is 1.96. The van der Waals surface area contributed by atoms with Crippen molar-refractivity contribution in [3.63, 3.8) is 0 Å². The number of rotatable bonds is 7. The van der Waals surface area contributed by atoms with Crippen LogP contribution in [0.25, 0.3) is 0 Å². The van der Waals surface area contributed by atoms with E-state index in [0.29, 0.717) is 30.5 Å². The molecule has 6 heteroatoms. The van der Waals surface area contributed by atoms with Gasteiger partial charge in [0.25, 0.3) is 0 Å². The van der Waals surface area contributed by atoms with E-state index in [-0.39, 0.29) is 25.7 Å². The first-order valence-corrected chi connectivity index (χ1v) is 12.3. The second-order valence-corrected chi connectivity index (χ2v) is 10.2. The summed E-state index contributed by atoms with van der Waals surface area (Å²) in [6, 6.07) is 20.8. The Morgan fingerprint density at radius 2 is 1.47 bits per heavy atom. The normalized spacial score (nSPS) is 17.8. The van der Waals surface area contributed by atoms with Crippen LogP contribution in [0.1, 0.15) is 22.6 Å². The summed E-state index contributed by atoms with van der Waals surface area (Å²) in [6.07, 6.45) is 0. The van der Waals surface area contributed by atoms with Crippen LogP contribution in [0.2, 0.25) is 4.82 Å². The third-order valence-electron chi connectivity index (χ3n) is 5.68. The first-order chi connectivity index (χ1) is 15.7. The van der Waals surface area contributed by atoms with Gasteiger partial charge in [-0.25, -0.2) is 0 Å². The molecule has 3 aromatic carbocycles. The van der Waals surface area contributed by atoms with Gasteiger partial charge in [0.15, 0.2) is 0 Å². The van der Waals surface area contributed by atoms with Crippen LogP contribution in [-0.2, 0) is 11.3 Å². The molecule has 0 aliphatic carbocycles. The van der Waals surface area contributed by atoms with E-state index >= 15 is 0 Å². The quantitative estimate of drug-likeness (QED) is 0.456. The topological polar surface area (TPSA) is 46.2 Å². The molecule has 4 rings (SSSR count). The molecular weight excluding hydrogens is 471 g/mol. The molecule has 0 unspecified atom stereocenters. The van der Waals surface area contributed by atoms with Crippen LogP contribution in [0.4, 0.5) is 0 Å². The summed E-state index contributed by atoms with van der Waals surface area (Å²) >= 11 is 0.159. The summed E-state index contributed by atoms with van der Waals surface area (Å²) < 4.78 is 30.7. The Bertz CT molecular complexity index is 1050. The van der Waals surface area contributed by atoms with Gasteiger partial charge in [0, 0.05) is 0 Å². The maximum absolute atomic E-state index is 6.23. The van der Waals surface area contributed by atoms with Crippen molar-refractivity contribution < 1.29 is 23.7 Å². The Kier molecular flexibility index (Phi) is 7.26. The number of fused-ring (bicyclic) bond motifs is 1. The molecule has 0 spiro atoms. The van der Waals surface area contributed by atoms with Crippen molar-refractivity contribution in [1.82, 2.24) is 0 Å². The van der Waals surface area contributed by atoms with Crippen LogP contribution in [0.3, 0.4) is 0 Å². The molecule has 0 saturated heterocycles. The van der Waals surface area contributed by atoms with E-state index in [9.17, 15) is 0 Å². The summed E-state index contributed by atoms with van der Waals surface area (Å²) in [7, 11) is 6.68. The van der Waals surface area contributed by atoms with Gasteiger partial charge in [-0.2, -0.15) is 0 Å². The molecule has 0 fully saturated rings. The molecule has 0 amide bonds. The van der Waals surface area contributed by atoms with Crippen LogP contribution in [0.15, 0.2) is 60.7 Å². The number of methoxy groups -OCH3 is 4. The molecule has 2 atom stereocenters. The van der Waals surface area contributed by atoms with Gasteiger partial charge >= 0.3 is 196 Å². The van der Waals surface area contributed by atoms with Gasteiger partial charge in [0.1, 0.15) is 0 Å². The van der Waals surface area contributed by atoms with Crippen LogP contribution in [-0.4, -0.2) is 50.0 Å². The molecule has 0 radical (unpaired) electrons. The number of hydrogen-bond donors (Lipinski definition) is 0. The molecule has 32 heavy (non-hydrogen) atoms. The molecule has 3 aromatic rings. The average Bonchev–Trinajstić information content (AvgIpc) is 3.02. The monoisotopic (exact) mass is 500 g/mol. The maximum atomic E-state index is 6.23. The van der Waals surface area contributed by atoms with Gasteiger partial charge in [-0.15, -0.1) is 0 Å². The van der Waals surface area contributed by atoms with Gasteiger partial charge in [0.2, 0.25) is 0 Å². The van der Waals surface area contributed by atoms with Gasteiger partial charge in [-0.1, -0.05) is 0 Å². The zero-order valence-electron chi connectivity index (χ0n) is 18.8. The first kappa shape index (κ1) is 22.5. The van der Waals surface area contributed by atoms with E-state index in [1.54, 1.807) is 28.4 Å². The summed E-state index contributed by atoms with van der Waals surface area (Å²) in [5.74, 6) is 2.80. The number of hydrogen-bond acceptors (Lipinski definition) is 5. The Morgan fingerprint density at radius 3 is 2.16 bits per heavy atom. The molecule has 0 bridgehead atoms. The van der Waals surface area contributed by atoms with Crippen molar-refractivity contribution >= 4 is 19.4 Å². The molecule has 1 aliphatic rings. The second kappa shape index (κ2) is 10.3. The number of para-hydroxylation sites is 1. The average molecular weight is 499 g/mol. The third-order valence-corrected chi connectivity index (χ3v) is 8.31. The van der Waals surface area contributed by atoms with Crippen LogP contribution in [0.5, 0.6) is 23.0 Å². The summed E-state index contributed by atoms with van der Waals surface area (Å²) in [4.78, 5) is 0.231. The van der Waals surface area contributed by atoms with Crippen LogP contribution >= 0.6 is 0 Å². The molecule has 0 aromatic heterocycles. The van der Waals surface area contributed by atoms with Gasteiger partial charge in [-0.05, 0) is 0 Å². The summed E-state index contributed by atoms with van der Waals surface area (Å²) in [5.41, 5.74) is 3.24. The van der Waals surface area contributed by atoms with E-state index < -0.39 is 0 Å². The first-order valence-electron chi connectivity index (χ1n) is 10.5. The molecule has 1 heterocycles. The molecule has 0 N–H and O–H groups in total. The SMILES string of the molecule is COc1ccccc1[C@H]1c2c(cc(OC)c(OC)c2OC)COC[C@@H]1[Se]c1ccccc1. The summed E-state index contributed by atoms with van der Waals surface area (Å²) in [6.45, 7) is 1.12. The van der Waals surface area contributed by atoms with Gasteiger partial charge in [0.05, 0.1) is 0 Å². The van der Waals surface area contributed by atoms with E-state index in [1.807, 2.05) is 18.2 Å². The summed E-state index contributed by atoms with van der Waals surface area (Å²) in [5, 5.41) is 0. The van der Waals surface area contributed by atoms with Crippen LogP contribution in [0, 0.1) is 0 Å². The van der Waals surface area contributed by atoms with Crippen molar-refractivity contribution in [1.29, 1.82) is 0 Å². The molecule has 1 aliphatic heterocycles. The van der Waals surface area contributed by atoms with Crippen molar-refractivity contribution in [3.05, 3.63) is 77.4 Å². The predicted octanol–water partition coefficient (Wildman–Crippen LogP) is 4.20. The van der Waals surface area contributed by atoms with Crippen molar-refractivity contribution in [3.8, 4) is 23.0 Å². The minimum atomic E-state index is 0.0126. The number of ether oxygens (including phenoxy) is 5. The Labute approximate surface area is 195 Å². The fourth-order valence-corrected chi connectivity index (χ4v) is 6.93. The van der Waals surface area contributed by atoms with E-state index in [4.69, 9.17) is 23.7 Å². The van der Waals surface area contributed by atoms with Crippen molar-refractivity contribution in [2.45, 2.75) is 17.3 Å². The molecule has 168 valence electrons. The second-order valence-electron chi connectivity index (χ2n) is 7.42. The Morgan fingerprint density at radius 1 is 0.781 bits per heavy atom.